The molecule has 1 atom stereocenters. The van der Waals surface area contributed by atoms with E-state index in [1.807, 2.05) is 75.4 Å². The Morgan fingerprint density at radius 3 is 2.43 bits per heavy atom. The summed E-state index contributed by atoms with van der Waals surface area (Å²) >= 11 is 7.55. The molecular formula is C24H23ClN2O2S. The molecule has 0 heterocycles. The first-order valence-corrected chi connectivity index (χ1v) is 10.8. The number of carbonyl (C=O) groups is 2. The standard InChI is InChI=1S/C24H23ClN2O2S/c1-15-7-4-8-18(13-15)24(29)26-19-9-5-10-20(14-19)30-17(3)23(28)27-22-12-6-11-21(25)16(22)2/h4-14,17H,1-3H3,(H,26,29)(H,27,28). The lowest BCUT2D eigenvalue weighted by atomic mass is 10.1. The van der Waals surface area contributed by atoms with E-state index in [1.165, 1.54) is 11.8 Å². The van der Waals surface area contributed by atoms with Crippen LogP contribution in [0.2, 0.25) is 5.02 Å². The average Bonchev–Trinajstić information content (AvgIpc) is 2.71. The molecule has 3 aromatic carbocycles. The Kier molecular flexibility index (Phi) is 7.19. The minimum atomic E-state index is -0.328. The van der Waals surface area contributed by atoms with Gasteiger partial charge in [-0.2, -0.15) is 0 Å². The smallest absolute Gasteiger partial charge is 0.255 e. The van der Waals surface area contributed by atoms with Crippen molar-refractivity contribution in [2.24, 2.45) is 0 Å². The van der Waals surface area contributed by atoms with Crippen molar-refractivity contribution < 1.29 is 9.59 Å². The van der Waals surface area contributed by atoms with Crippen molar-refractivity contribution in [3.05, 3.63) is 88.4 Å². The van der Waals surface area contributed by atoms with Gasteiger partial charge in [0.05, 0.1) is 5.25 Å². The summed E-state index contributed by atoms with van der Waals surface area (Å²) in [7, 11) is 0. The first-order chi connectivity index (χ1) is 14.3. The van der Waals surface area contributed by atoms with E-state index in [-0.39, 0.29) is 17.1 Å². The van der Waals surface area contributed by atoms with Crippen molar-refractivity contribution in [2.45, 2.75) is 30.9 Å². The van der Waals surface area contributed by atoms with Crippen LogP contribution < -0.4 is 10.6 Å². The second-order valence-corrected chi connectivity index (χ2v) is 8.83. The summed E-state index contributed by atoms with van der Waals surface area (Å²) in [4.78, 5) is 26.0. The number of hydrogen-bond acceptors (Lipinski definition) is 3. The quantitative estimate of drug-likeness (QED) is 0.442. The Hall–Kier alpha value is -2.76. The average molecular weight is 439 g/mol. The maximum atomic E-state index is 12.6. The topological polar surface area (TPSA) is 58.2 Å². The fraction of sp³-hybridized carbons (Fsp3) is 0.167. The van der Waals surface area contributed by atoms with E-state index < -0.39 is 0 Å². The number of amides is 2. The van der Waals surface area contributed by atoms with Crippen molar-refractivity contribution in [1.29, 1.82) is 0 Å². The molecule has 0 radical (unpaired) electrons. The summed E-state index contributed by atoms with van der Waals surface area (Å²) in [5, 5.41) is 6.13. The molecule has 0 saturated carbocycles. The molecular weight excluding hydrogens is 416 g/mol. The number of anilines is 2. The SMILES string of the molecule is Cc1cccc(C(=O)Nc2cccc(SC(C)C(=O)Nc3cccc(Cl)c3C)c2)c1. The number of nitrogens with one attached hydrogen (secondary N) is 2. The fourth-order valence-electron chi connectivity index (χ4n) is 2.87. The summed E-state index contributed by atoms with van der Waals surface area (Å²) in [5.74, 6) is -0.275. The summed E-state index contributed by atoms with van der Waals surface area (Å²) in [6.45, 7) is 5.67. The zero-order chi connectivity index (χ0) is 21.7. The van der Waals surface area contributed by atoms with Crippen LogP contribution in [0.25, 0.3) is 0 Å². The van der Waals surface area contributed by atoms with Gasteiger partial charge < -0.3 is 10.6 Å². The van der Waals surface area contributed by atoms with Gasteiger partial charge in [0.25, 0.3) is 5.91 Å². The van der Waals surface area contributed by atoms with E-state index in [1.54, 1.807) is 12.1 Å². The molecule has 2 N–H and O–H groups in total. The third-order valence-electron chi connectivity index (χ3n) is 4.58. The van der Waals surface area contributed by atoms with E-state index in [2.05, 4.69) is 10.6 Å². The summed E-state index contributed by atoms with van der Waals surface area (Å²) < 4.78 is 0. The third kappa shape index (κ3) is 5.65. The van der Waals surface area contributed by atoms with Gasteiger partial charge in [-0.1, -0.05) is 41.4 Å². The van der Waals surface area contributed by atoms with Gasteiger partial charge in [-0.25, -0.2) is 0 Å². The molecule has 30 heavy (non-hydrogen) atoms. The fourth-order valence-corrected chi connectivity index (χ4v) is 3.97. The van der Waals surface area contributed by atoms with E-state index in [9.17, 15) is 9.59 Å². The number of aryl methyl sites for hydroxylation is 1. The van der Waals surface area contributed by atoms with Crippen LogP contribution in [0.1, 0.15) is 28.4 Å². The van der Waals surface area contributed by atoms with Crippen LogP contribution in [-0.2, 0) is 4.79 Å². The minimum Gasteiger partial charge on any atom is -0.325 e. The highest BCUT2D eigenvalue weighted by molar-refractivity contribution is 8.00. The van der Waals surface area contributed by atoms with Gasteiger partial charge in [0, 0.05) is 26.9 Å². The highest BCUT2D eigenvalue weighted by atomic mass is 35.5. The molecule has 6 heteroatoms. The van der Waals surface area contributed by atoms with Crippen LogP contribution in [0.15, 0.2) is 71.6 Å². The lowest BCUT2D eigenvalue weighted by molar-refractivity contribution is -0.115. The molecule has 0 spiro atoms. The molecule has 154 valence electrons. The summed E-state index contributed by atoms with van der Waals surface area (Å²) in [6.07, 6.45) is 0. The largest absolute Gasteiger partial charge is 0.325 e. The van der Waals surface area contributed by atoms with E-state index in [0.717, 1.165) is 16.0 Å². The van der Waals surface area contributed by atoms with E-state index in [0.29, 0.717) is 22.0 Å². The molecule has 0 saturated heterocycles. The summed E-state index contributed by atoms with van der Waals surface area (Å²) in [5.41, 5.74) is 3.87. The lowest BCUT2D eigenvalue weighted by Gasteiger charge is -2.15. The molecule has 4 nitrogen and oxygen atoms in total. The lowest BCUT2D eigenvalue weighted by Crippen LogP contribution is -2.22. The minimum absolute atomic E-state index is 0.112. The molecule has 1 unspecified atom stereocenters. The van der Waals surface area contributed by atoms with Crippen LogP contribution in [-0.4, -0.2) is 17.1 Å². The van der Waals surface area contributed by atoms with E-state index >= 15 is 0 Å². The van der Waals surface area contributed by atoms with Gasteiger partial charge in [-0.15, -0.1) is 11.8 Å². The number of halogens is 1. The van der Waals surface area contributed by atoms with Crippen LogP contribution in [0.5, 0.6) is 0 Å². The number of benzene rings is 3. The van der Waals surface area contributed by atoms with Crippen molar-refractivity contribution >= 4 is 46.6 Å². The van der Waals surface area contributed by atoms with Crippen molar-refractivity contribution in [3.8, 4) is 0 Å². The predicted octanol–water partition coefficient (Wildman–Crippen LogP) is 6.33. The second-order valence-electron chi connectivity index (χ2n) is 7.01. The monoisotopic (exact) mass is 438 g/mol. The maximum absolute atomic E-state index is 12.6. The zero-order valence-corrected chi connectivity index (χ0v) is 18.6. The normalized spacial score (nSPS) is 11.6. The Labute approximate surface area is 186 Å². The third-order valence-corrected chi connectivity index (χ3v) is 6.08. The van der Waals surface area contributed by atoms with Crippen molar-refractivity contribution in [1.82, 2.24) is 0 Å². The van der Waals surface area contributed by atoms with Crippen LogP contribution in [0.4, 0.5) is 11.4 Å². The second kappa shape index (κ2) is 9.83. The van der Waals surface area contributed by atoms with Gasteiger partial charge in [0.2, 0.25) is 5.91 Å². The number of hydrogen-bond donors (Lipinski definition) is 2. The van der Waals surface area contributed by atoms with Crippen LogP contribution >= 0.6 is 23.4 Å². The molecule has 0 aliphatic carbocycles. The Morgan fingerprint density at radius 1 is 0.933 bits per heavy atom. The molecule has 2 amide bonds. The highest BCUT2D eigenvalue weighted by Gasteiger charge is 2.16. The Bertz CT molecular complexity index is 1080. The Balaban J connectivity index is 1.64. The Morgan fingerprint density at radius 2 is 1.67 bits per heavy atom. The van der Waals surface area contributed by atoms with Gasteiger partial charge in [0.15, 0.2) is 0 Å². The first-order valence-electron chi connectivity index (χ1n) is 9.54. The van der Waals surface area contributed by atoms with Gasteiger partial charge in [0.1, 0.15) is 0 Å². The van der Waals surface area contributed by atoms with Crippen molar-refractivity contribution in [2.75, 3.05) is 10.6 Å². The molecule has 3 rings (SSSR count). The number of thioether (sulfide) groups is 1. The maximum Gasteiger partial charge on any atom is 0.255 e. The number of carbonyl (C=O) groups excluding carboxylic acids is 2. The van der Waals surface area contributed by atoms with Gasteiger partial charge in [-0.05, 0) is 68.8 Å². The first kappa shape index (κ1) is 21.9. The number of rotatable bonds is 6. The predicted molar refractivity (Wildman–Crippen MR) is 126 cm³/mol. The molecule has 0 aliphatic heterocycles. The zero-order valence-electron chi connectivity index (χ0n) is 17.0. The van der Waals surface area contributed by atoms with Crippen molar-refractivity contribution in [3.63, 3.8) is 0 Å². The van der Waals surface area contributed by atoms with Gasteiger partial charge in [-0.3, -0.25) is 9.59 Å². The van der Waals surface area contributed by atoms with Gasteiger partial charge >= 0.3 is 0 Å². The highest BCUT2D eigenvalue weighted by Crippen LogP contribution is 2.28. The summed E-state index contributed by atoms with van der Waals surface area (Å²) in [6, 6.07) is 20.3. The van der Waals surface area contributed by atoms with Crippen LogP contribution in [0.3, 0.4) is 0 Å². The van der Waals surface area contributed by atoms with Crippen LogP contribution in [0, 0.1) is 13.8 Å². The van der Waals surface area contributed by atoms with E-state index in [4.69, 9.17) is 11.6 Å². The molecule has 0 fully saturated rings. The molecule has 0 aliphatic rings. The molecule has 0 aromatic heterocycles. The molecule has 3 aromatic rings. The molecule has 0 bridgehead atoms.